The fourth-order valence-electron chi connectivity index (χ4n) is 4.12. The maximum absolute atomic E-state index is 11.3. The van der Waals surface area contributed by atoms with Gasteiger partial charge in [-0.2, -0.15) is 0 Å². The summed E-state index contributed by atoms with van der Waals surface area (Å²) in [7, 11) is 1.78. The number of nitrogens with one attached hydrogen (secondary N) is 3. The van der Waals surface area contributed by atoms with Gasteiger partial charge in [-0.3, -0.25) is 9.79 Å². The Morgan fingerprint density at radius 3 is 2.96 bits per heavy atom. The zero-order chi connectivity index (χ0) is 19.7. The third kappa shape index (κ3) is 4.03. The standard InChI is InChI=1S/C21H30N4O3/c1-4-27-19-8-13-7-12(2)28-18(13)10-16(19)15-9-17(15)25-21(22-3)24-14-5-6-20(26)23-11-14/h8,10,12,14-15,17H,4-7,9,11H2,1-3H3,(H,23,26)(H2,22,24,25). The van der Waals surface area contributed by atoms with Crippen molar-refractivity contribution in [1.82, 2.24) is 16.0 Å². The van der Waals surface area contributed by atoms with Gasteiger partial charge in [-0.15, -0.1) is 0 Å². The molecule has 7 heteroatoms. The second kappa shape index (κ2) is 7.89. The van der Waals surface area contributed by atoms with Gasteiger partial charge in [0.1, 0.15) is 17.6 Å². The fraction of sp³-hybridized carbons (Fsp3) is 0.619. The van der Waals surface area contributed by atoms with Crippen molar-refractivity contribution in [3.05, 3.63) is 23.3 Å². The molecule has 7 nitrogen and oxygen atoms in total. The van der Waals surface area contributed by atoms with E-state index in [1.165, 1.54) is 11.1 Å². The molecule has 0 bridgehead atoms. The van der Waals surface area contributed by atoms with Gasteiger partial charge in [0.15, 0.2) is 5.96 Å². The molecule has 1 aromatic rings. The van der Waals surface area contributed by atoms with Gasteiger partial charge < -0.3 is 25.4 Å². The summed E-state index contributed by atoms with van der Waals surface area (Å²) in [6.07, 6.45) is 3.60. The molecule has 1 amide bonds. The number of rotatable bonds is 5. The molecule has 0 spiro atoms. The lowest BCUT2D eigenvalue weighted by Gasteiger charge is -2.25. The molecule has 2 aliphatic heterocycles. The third-order valence-corrected chi connectivity index (χ3v) is 5.67. The highest BCUT2D eigenvalue weighted by molar-refractivity contribution is 5.82. The van der Waals surface area contributed by atoms with Crippen LogP contribution in [0.5, 0.6) is 11.5 Å². The van der Waals surface area contributed by atoms with Gasteiger partial charge in [0.2, 0.25) is 5.91 Å². The molecule has 0 aromatic heterocycles. The first-order valence-corrected chi connectivity index (χ1v) is 10.3. The van der Waals surface area contributed by atoms with Crippen LogP contribution in [-0.4, -0.2) is 50.3 Å². The average molecular weight is 386 g/mol. The molecule has 1 saturated heterocycles. The molecular formula is C21H30N4O3. The number of hydrogen-bond acceptors (Lipinski definition) is 4. The van der Waals surface area contributed by atoms with Crippen molar-refractivity contribution in [2.75, 3.05) is 20.2 Å². The molecule has 152 valence electrons. The van der Waals surface area contributed by atoms with E-state index in [9.17, 15) is 4.79 Å². The highest BCUT2D eigenvalue weighted by atomic mass is 16.5. The van der Waals surface area contributed by atoms with Crippen LogP contribution in [0.3, 0.4) is 0 Å². The molecule has 1 aliphatic carbocycles. The Balaban J connectivity index is 1.40. The Kier molecular flexibility index (Phi) is 5.33. The van der Waals surface area contributed by atoms with Crippen LogP contribution in [0.25, 0.3) is 0 Å². The number of ether oxygens (including phenoxy) is 2. The summed E-state index contributed by atoms with van der Waals surface area (Å²) in [5, 5.41) is 9.85. The molecule has 1 aromatic carbocycles. The van der Waals surface area contributed by atoms with Crippen LogP contribution < -0.4 is 25.4 Å². The lowest BCUT2D eigenvalue weighted by atomic mass is 10.0. The Labute approximate surface area is 166 Å². The van der Waals surface area contributed by atoms with E-state index in [0.29, 0.717) is 31.5 Å². The summed E-state index contributed by atoms with van der Waals surface area (Å²) in [5.74, 6) is 3.27. The molecule has 4 atom stereocenters. The summed E-state index contributed by atoms with van der Waals surface area (Å²) in [5.41, 5.74) is 2.45. The van der Waals surface area contributed by atoms with E-state index in [-0.39, 0.29) is 18.1 Å². The zero-order valence-electron chi connectivity index (χ0n) is 16.9. The van der Waals surface area contributed by atoms with E-state index in [1.807, 2.05) is 6.92 Å². The van der Waals surface area contributed by atoms with Gasteiger partial charge in [-0.1, -0.05) is 0 Å². The number of nitrogens with zero attached hydrogens (tertiary/aromatic N) is 1. The summed E-state index contributed by atoms with van der Waals surface area (Å²) < 4.78 is 11.9. The Morgan fingerprint density at radius 2 is 2.25 bits per heavy atom. The number of hydrogen-bond donors (Lipinski definition) is 3. The van der Waals surface area contributed by atoms with E-state index in [2.05, 4.69) is 40.0 Å². The van der Waals surface area contributed by atoms with Crippen molar-refractivity contribution in [1.29, 1.82) is 0 Å². The molecule has 1 saturated carbocycles. The van der Waals surface area contributed by atoms with Gasteiger partial charge in [-0.25, -0.2) is 0 Å². The zero-order valence-corrected chi connectivity index (χ0v) is 16.9. The van der Waals surface area contributed by atoms with E-state index in [1.54, 1.807) is 7.05 Å². The topological polar surface area (TPSA) is 84.0 Å². The van der Waals surface area contributed by atoms with Crippen molar-refractivity contribution < 1.29 is 14.3 Å². The van der Waals surface area contributed by atoms with Gasteiger partial charge in [0, 0.05) is 55.6 Å². The summed E-state index contributed by atoms with van der Waals surface area (Å²) >= 11 is 0. The van der Waals surface area contributed by atoms with Crippen molar-refractivity contribution in [3.63, 3.8) is 0 Å². The minimum atomic E-state index is 0.125. The Morgan fingerprint density at radius 1 is 1.39 bits per heavy atom. The molecule has 4 unspecified atom stereocenters. The predicted molar refractivity (Wildman–Crippen MR) is 108 cm³/mol. The predicted octanol–water partition coefficient (Wildman–Crippen LogP) is 1.71. The first kappa shape index (κ1) is 18.9. The summed E-state index contributed by atoms with van der Waals surface area (Å²) in [4.78, 5) is 15.7. The molecule has 2 heterocycles. The smallest absolute Gasteiger partial charge is 0.220 e. The number of carbonyl (C=O) groups excluding carboxylic acids is 1. The molecule has 2 fully saturated rings. The second-order valence-corrected chi connectivity index (χ2v) is 7.91. The van der Waals surface area contributed by atoms with Crippen LogP contribution >= 0.6 is 0 Å². The molecule has 28 heavy (non-hydrogen) atoms. The first-order chi connectivity index (χ1) is 13.6. The average Bonchev–Trinajstić information content (AvgIpc) is 3.34. The maximum atomic E-state index is 11.3. The quantitative estimate of drug-likeness (QED) is 0.530. The van der Waals surface area contributed by atoms with Crippen LogP contribution in [0.15, 0.2) is 17.1 Å². The number of guanidine groups is 1. The molecule has 3 aliphatic rings. The highest BCUT2D eigenvalue weighted by Crippen LogP contribution is 2.48. The first-order valence-electron chi connectivity index (χ1n) is 10.3. The monoisotopic (exact) mass is 386 g/mol. The summed E-state index contributed by atoms with van der Waals surface area (Å²) in [6.45, 7) is 5.42. The molecule has 4 rings (SSSR count). The third-order valence-electron chi connectivity index (χ3n) is 5.67. The minimum absolute atomic E-state index is 0.125. The van der Waals surface area contributed by atoms with Gasteiger partial charge in [-0.05, 0) is 38.8 Å². The summed E-state index contributed by atoms with van der Waals surface area (Å²) in [6, 6.07) is 4.86. The highest BCUT2D eigenvalue weighted by Gasteiger charge is 2.42. The number of fused-ring (bicyclic) bond motifs is 1. The van der Waals surface area contributed by atoms with Crippen molar-refractivity contribution >= 4 is 11.9 Å². The number of aliphatic imine (C=N–C) groups is 1. The number of carbonyl (C=O) groups is 1. The van der Waals surface area contributed by atoms with Crippen molar-refractivity contribution in [3.8, 4) is 11.5 Å². The van der Waals surface area contributed by atoms with E-state index in [0.717, 1.165) is 36.7 Å². The number of amides is 1. The van der Waals surface area contributed by atoms with E-state index >= 15 is 0 Å². The van der Waals surface area contributed by atoms with Gasteiger partial charge >= 0.3 is 0 Å². The minimum Gasteiger partial charge on any atom is -0.494 e. The number of benzene rings is 1. The van der Waals surface area contributed by atoms with Crippen LogP contribution in [-0.2, 0) is 11.2 Å². The normalized spacial score (nSPS) is 28.8. The van der Waals surface area contributed by atoms with Crippen molar-refractivity contribution in [2.45, 2.75) is 63.6 Å². The maximum Gasteiger partial charge on any atom is 0.220 e. The van der Waals surface area contributed by atoms with Gasteiger partial charge in [0.05, 0.1) is 6.61 Å². The van der Waals surface area contributed by atoms with Crippen LogP contribution in [0.1, 0.15) is 50.2 Å². The Hall–Kier alpha value is -2.44. The lowest BCUT2D eigenvalue weighted by Crippen LogP contribution is -2.51. The van der Waals surface area contributed by atoms with E-state index < -0.39 is 0 Å². The van der Waals surface area contributed by atoms with Crippen LogP contribution in [0.4, 0.5) is 0 Å². The van der Waals surface area contributed by atoms with Crippen LogP contribution in [0.2, 0.25) is 0 Å². The second-order valence-electron chi connectivity index (χ2n) is 7.91. The SMILES string of the molecule is CCOc1cc2c(cc1C1CC1NC(=NC)NC1CCC(=O)NC1)OC(C)C2. The number of piperidine rings is 1. The van der Waals surface area contributed by atoms with Gasteiger partial charge in [0.25, 0.3) is 0 Å². The lowest BCUT2D eigenvalue weighted by molar-refractivity contribution is -0.122. The van der Waals surface area contributed by atoms with Crippen molar-refractivity contribution in [2.24, 2.45) is 4.99 Å². The molecule has 3 N–H and O–H groups in total. The Bertz CT molecular complexity index is 769. The fourth-order valence-corrected chi connectivity index (χ4v) is 4.12. The largest absolute Gasteiger partial charge is 0.494 e. The van der Waals surface area contributed by atoms with Crippen LogP contribution in [0, 0.1) is 0 Å². The van der Waals surface area contributed by atoms with E-state index in [4.69, 9.17) is 9.47 Å². The molecule has 0 radical (unpaired) electrons. The molecular weight excluding hydrogens is 356 g/mol.